The third kappa shape index (κ3) is 3.86. The zero-order valence-corrected chi connectivity index (χ0v) is 15.7. The molecule has 1 fully saturated rings. The largest absolute Gasteiger partial charge is 0.356 e. The number of aromatic nitrogens is 3. The van der Waals surface area contributed by atoms with Crippen molar-refractivity contribution >= 4 is 22.9 Å². The van der Waals surface area contributed by atoms with Crippen LogP contribution in [0, 0.1) is 11.8 Å². The van der Waals surface area contributed by atoms with Gasteiger partial charge in [0.15, 0.2) is 11.5 Å². The Hall–Kier alpha value is -2.44. The Morgan fingerprint density at radius 1 is 1.42 bits per heavy atom. The average Bonchev–Trinajstić information content (AvgIpc) is 2.64. The van der Waals surface area contributed by atoms with Gasteiger partial charge in [-0.05, 0) is 37.3 Å². The second-order valence-electron chi connectivity index (χ2n) is 7.40. The van der Waals surface area contributed by atoms with E-state index in [2.05, 4.69) is 29.1 Å². The first-order chi connectivity index (χ1) is 12.5. The highest BCUT2D eigenvalue weighted by Crippen LogP contribution is 2.21. The van der Waals surface area contributed by atoms with E-state index >= 15 is 0 Å². The van der Waals surface area contributed by atoms with Gasteiger partial charge in [0.25, 0.3) is 5.56 Å². The van der Waals surface area contributed by atoms with Crippen LogP contribution < -0.4 is 15.8 Å². The number of amides is 1. The first kappa shape index (κ1) is 18.4. The van der Waals surface area contributed by atoms with Gasteiger partial charge in [-0.25, -0.2) is 9.97 Å². The Balaban J connectivity index is 1.77. The number of hydrogen-bond donors (Lipinski definition) is 1. The number of piperidine rings is 1. The highest BCUT2D eigenvalue weighted by atomic mass is 16.2. The summed E-state index contributed by atoms with van der Waals surface area (Å²) in [5.41, 5.74) is 1.09. The molecule has 3 heterocycles. The second kappa shape index (κ2) is 7.85. The molecule has 7 nitrogen and oxygen atoms in total. The molecule has 0 spiro atoms. The monoisotopic (exact) mass is 357 g/mol. The summed E-state index contributed by atoms with van der Waals surface area (Å²) in [5.74, 6) is 0.950. The van der Waals surface area contributed by atoms with Gasteiger partial charge in [-0.1, -0.05) is 13.8 Å². The molecule has 1 unspecified atom stereocenters. The van der Waals surface area contributed by atoms with Gasteiger partial charge in [-0.3, -0.25) is 14.2 Å². The van der Waals surface area contributed by atoms with Crippen molar-refractivity contribution in [1.82, 2.24) is 19.9 Å². The highest BCUT2D eigenvalue weighted by Gasteiger charge is 2.28. The van der Waals surface area contributed by atoms with E-state index in [9.17, 15) is 9.59 Å². The normalized spacial score (nSPS) is 17.7. The topological polar surface area (TPSA) is 80.1 Å². The van der Waals surface area contributed by atoms with E-state index in [1.807, 2.05) is 17.0 Å². The molecule has 1 saturated heterocycles. The van der Waals surface area contributed by atoms with E-state index in [4.69, 9.17) is 0 Å². The SMILES string of the molecule is CC(C)CCNC(=O)C1CCCN(c2nc3cccnc3n(C)c2=O)C1. The summed E-state index contributed by atoms with van der Waals surface area (Å²) in [6, 6.07) is 3.66. The van der Waals surface area contributed by atoms with Crippen molar-refractivity contribution < 1.29 is 4.79 Å². The van der Waals surface area contributed by atoms with Crippen LogP contribution in [-0.4, -0.2) is 40.1 Å². The number of carbonyl (C=O) groups is 1. The van der Waals surface area contributed by atoms with Gasteiger partial charge in [0, 0.05) is 32.9 Å². The van der Waals surface area contributed by atoms with Crippen molar-refractivity contribution in [3.8, 4) is 0 Å². The fraction of sp³-hybridized carbons (Fsp3) is 0.579. The van der Waals surface area contributed by atoms with E-state index in [1.165, 1.54) is 4.57 Å². The van der Waals surface area contributed by atoms with Gasteiger partial charge in [-0.15, -0.1) is 0 Å². The molecule has 0 bridgehead atoms. The van der Waals surface area contributed by atoms with Gasteiger partial charge in [0.05, 0.1) is 5.92 Å². The maximum absolute atomic E-state index is 12.7. The minimum absolute atomic E-state index is 0.0784. The van der Waals surface area contributed by atoms with E-state index in [0.29, 0.717) is 36.0 Å². The van der Waals surface area contributed by atoms with Crippen LogP contribution >= 0.6 is 0 Å². The summed E-state index contributed by atoms with van der Waals surface area (Å²) in [6.45, 7) is 6.26. The molecule has 1 atom stereocenters. The van der Waals surface area contributed by atoms with Crippen molar-refractivity contribution in [2.45, 2.75) is 33.1 Å². The number of pyridine rings is 1. The lowest BCUT2D eigenvalue weighted by atomic mass is 9.97. The quantitative estimate of drug-likeness (QED) is 0.881. The fourth-order valence-corrected chi connectivity index (χ4v) is 3.36. The van der Waals surface area contributed by atoms with Crippen LogP contribution in [0.25, 0.3) is 11.2 Å². The van der Waals surface area contributed by atoms with Crippen LogP contribution in [0.2, 0.25) is 0 Å². The lowest BCUT2D eigenvalue weighted by Gasteiger charge is -2.32. The first-order valence-electron chi connectivity index (χ1n) is 9.31. The number of nitrogens with zero attached hydrogens (tertiary/aromatic N) is 4. The van der Waals surface area contributed by atoms with Crippen LogP contribution in [0.5, 0.6) is 0 Å². The highest BCUT2D eigenvalue weighted by molar-refractivity contribution is 5.79. The van der Waals surface area contributed by atoms with E-state index < -0.39 is 0 Å². The van der Waals surface area contributed by atoms with Crippen LogP contribution in [0.3, 0.4) is 0 Å². The number of hydrogen-bond acceptors (Lipinski definition) is 5. The summed E-state index contributed by atoms with van der Waals surface area (Å²) in [6.07, 6.45) is 4.35. The molecule has 140 valence electrons. The summed E-state index contributed by atoms with van der Waals surface area (Å²) < 4.78 is 1.53. The standard InChI is InChI=1S/C19H27N5O2/c1-13(2)8-10-21-18(25)14-6-5-11-24(12-14)17-19(26)23(3)16-15(22-17)7-4-9-20-16/h4,7,9,13-14H,5-6,8,10-12H2,1-3H3,(H,21,25). The second-order valence-corrected chi connectivity index (χ2v) is 7.40. The van der Waals surface area contributed by atoms with Crippen molar-refractivity contribution in [1.29, 1.82) is 0 Å². The maximum atomic E-state index is 12.7. The lowest BCUT2D eigenvalue weighted by Crippen LogP contribution is -2.45. The minimum atomic E-state index is -0.169. The maximum Gasteiger partial charge on any atom is 0.294 e. The van der Waals surface area contributed by atoms with Gasteiger partial charge >= 0.3 is 0 Å². The van der Waals surface area contributed by atoms with Crippen molar-refractivity contribution in [2.75, 3.05) is 24.5 Å². The number of rotatable bonds is 5. The molecule has 1 aliphatic rings. The predicted molar refractivity (Wildman–Crippen MR) is 102 cm³/mol. The van der Waals surface area contributed by atoms with Crippen molar-refractivity contribution in [3.63, 3.8) is 0 Å². The third-order valence-electron chi connectivity index (χ3n) is 4.92. The number of anilines is 1. The molecule has 0 saturated carbocycles. The van der Waals surface area contributed by atoms with E-state index in [1.54, 1.807) is 13.2 Å². The fourth-order valence-electron chi connectivity index (χ4n) is 3.36. The zero-order chi connectivity index (χ0) is 18.7. The van der Waals surface area contributed by atoms with Gasteiger partial charge in [-0.2, -0.15) is 0 Å². The molecule has 0 aromatic carbocycles. The zero-order valence-electron chi connectivity index (χ0n) is 15.7. The predicted octanol–water partition coefficient (Wildman–Crippen LogP) is 1.71. The summed E-state index contributed by atoms with van der Waals surface area (Å²) >= 11 is 0. The number of fused-ring (bicyclic) bond motifs is 1. The third-order valence-corrected chi connectivity index (χ3v) is 4.92. The van der Waals surface area contributed by atoms with E-state index in [-0.39, 0.29) is 17.4 Å². The van der Waals surface area contributed by atoms with Crippen LogP contribution in [0.4, 0.5) is 5.82 Å². The molecule has 0 radical (unpaired) electrons. The summed E-state index contributed by atoms with van der Waals surface area (Å²) in [5, 5.41) is 3.03. The van der Waals surface area contributed by atoms with Crippen LogP contribution in [0.15, 0.2) is 23.1 Å². The Labute approximate surface area is 153 Å². The molecule has 3 rings (SSSR count). The average molecular weight is 357 g/mol. The molecule has 2 aromatic rings. The number of aryl methyl sites for hydroxylation is 1. The van der Waals surface area contributed by atoms with Gasteiger partial charge in [0.2, 0.25) is 5.91 Å². The summed E-state index contributed by atoms with van der Waals surface area (Å²) in [4.78, 5) is 35.9. The Bertz CT molecular complexity index is 845. The lowest BCUT2D eigenvalue weighted by molar-refractivity contribution is -0.125. The minimum Gasteiger partial charge on any atom is -0.356 e. The van der Waals surface area contributed by atoms with E-state index in [0.717, 1.165) is 25.8 Å². The van der Waals surface area contributed by atoms with Gasteiger partial charge in [0.1, 0.15) is 5.52 Å². The van der Waals surface area contributed by atoms with Gasteiger partial charge < -0.3 is 10.2 Å². The number of nitrogens with one attached hydrogen (secondary N) is 1. The molecular weight excluding hydrogens is 330 g/mol. The molecule has 0 aliphatic carbocycles. The molecule has 26 heavy (non-hydrogen) atoms. The molecule has 7 heteroatoms. The number of carbonyl (C=O) groups excluding carboxylic acids is 1. The summed E-state index contributed by atoms with van der Waals surface area (Å²) in [7, 11) is 1.71. The molecule has 1 amide bonds. The molecule has 2 aromatic heterocycles. The Morgan fingerprint density at radius 3 is 3.00 bits per heavy atom. The first-order valence-corrected chi connectivity index (χ1v) is 9.31. The molecule has 1 N–H and O–H groups in total. The smallest absolute Gasteiger partial charge is 0.294 e. The van der Waals surface area contributed by atoms with Crippen LogP contribution in [0.1, 0.15) is 33.1 Å². The Kier molecular flexibility index (Phi) is 5.54. The molecule has 1 aliphatic heterocycles. The van der Waals surface area contributed by atoms with Crippen molar-refractivity contribution in [3.05, 3.63) is 28.7 Å². The van der Waals surface area contributed by atoms with Crippen LogP contribution in [-0.2, 0) is 11.8 Å². The Morgan fingerprint density at radius 2 is 2.23 bits per heavy atom. The van der Waals surface area contributed by atoms with Crippen molar-refractivity contribution in [2.24, 2.45) is 18.9 Å². The molecular formula is C19H27N5O2.